The lowest BCUT2D eigenvalue weighted by molar-refractivity contribution is 0.247. The summed E-state index contributed by atoms with van der Waals surface area (Å²) in [7, 11) is 0. The second-order valence-corrected chi connectivity index (χ2v) is 4.67. The standard InChI is InChI=1S/C13H15N3O3/c1-8-2-5-11(10(6-17)14-8)18-7-12-15-13(19-16-12)9-3-4-9/h2,5,9,17H,3-4,6-7H2,1H3. The van der Waals surface area contributed by atoms with E-state index in [2.05, 4.69) is 15.1 Å². The number of aryl methyl sites for hydroxylation is 1. The van der Waals surface area contributed by atoms with E-state index >= 15 is 0 Å². The Bertz CT molecular complexity index is 578. The van der Waals surface area contributed by atoms with Crippen molar-refractivity contribution in [2.75, 3.05) is 0 Å². The Balaban J connectivity index is 1.67. The zero-order valence-electron chi connectivity index (χ0n) is 10.7. The molecular weight excluding hydrogens is 246 g/mol. The number of hydrogen-bond acceptors (Lipinski definition) is 6. The van der Waals surface area contributed by atoms with Crippen LogP contribution >= 0.6 is 0 Å². The Morgan fingerprint density at radius 2 is 2.21 bits per heavy atom. The number of aliphatic hydroxyl groups excluding tert-OH is 1. The third kappa shape index (κ3) is 2.73. The van der Waals surface area contributed by atoms with Gasteiger partial charge in [0.05, 0.1) is 6.61 Å². The largest absolute Gasteiger partial charge is 0.483 e. The maximum atomic E-state index is 9.23. The lowest BCUT2D eigenvalue weighted by atomic mass is 10.3. The van der Waals surface area contributed by atoms with Crippen molar-refractivity contribution in [3.63, 3.8) is 0 Å². The van der Waals surface area contributed by atoms with Gasteiger partial charge in [-0.2, -0.15) is 4.98 Å². The molecule has 100 valence electrons. The first kappa shape index (κ1) is 12.1. The van der Waals surface area contributed by atoms with Gasteiger partial charge < -0.3 is 14.4 Å². The first-order valence-corrected chi connectivity index (χ1v) is 6.29. The highest BCUT2D eigenvalue weighted by Gasteiger charge is 2.29. The number of hydrogen-bond donors (Lipinski definition) is 1. The normalized spacial score (nSPS) is 14.6. The maximum Gasteiger partial charge on any atom is 0.229 e. The van der Waals surface area contributed by atoms with Gasteiger partial charge in [-0.1, -0.05) is 5.16 Å². The van der Waals surface area contributed by atoms with Crippen molar-refractivity contribution < 1.29 is 14.4 Å². The van der Waals surface area contributed by atoms with Crippen molar-refractivity contribution in [3.8, 4) is 5.75 Å². The smallest absolute Gasteiger partial charge is 0.229 e. The molecule has 0 amide bonds. The summed E-state index contributed by atoms with van der Waals surface area (Å²) in [5.41, 5.74) is 1.36. The van der Waals surface area contributed by atoms with Crippen LogP contribution < -0.4 is 4.74 Å². The van der Waals surface area contributed by atoms with E-state index in [-0.39, 0.29) is 13.2 Å². The summed E-state index contributed by atoms with van der Waals surface area (Å²) in [6, 6.07) is 3.62. The maximum absolute atomic E-state index is 9.23. The molecule has 2 aromatic heterocycles. The van der Waals surface area contributed by atoms with Crippen LogP contribution in [-0.4, -0.2) is 20.2 Å². The van der Waals surface area contributed by atoms with Gasteiger partial charge in [-0.25, -0.2) is 0 Å². The van der Waals surface area contributed by atoms with Crippen molar-refractivity contribution in [1.82, 2.24) is 15.1 Å². The Hall–Kier alpha value is -1.95. The molecule has 1 saturated carbocycles. The topological polar surface area (TPSA) is 81.3 Å². The second kappa shape index (κ2) is 4.97. The van der Waals surface area contributed by atoms with Crippen LogP contribution in [0.3, 0.4) is 0 Å². The van der Waals surface area contributed by atoms with Crippen LogP contribution in [0.15, 0.2) is 16.7 Å². The number of nitrogens with zero attached hydrogens (tertiary/aromatic N) is 3. The Morgan fingerprint density at radius 3 is 2.95 bits per heavy atom. The molecule has 6 heteroatoms. The Morgan fingerprint density at radius 1 is 1.37 bits per heavy atom. The van der Waals surface area contributed by atoms with E-state index in [1.54, 1.807) is 6.07 Å². The molecular formula is C13H15N3O3. The van der Waals surface area contributed by atoms with Gasteiger partial charge in [0.1, 0.15) is 11.4 Å². The van der Waals surface area contributed by atoms with E-state index in [4.69, 9.17) is 9.26 Å². The van der Waals surface area contributed by atoms with Crippen LogP contribution in [0.4, 0.5) is 0 Å². The average Bonchev–Trinajstić information content (AvgIpc) is 3.17. The molecule has 1 fully saturated rings. The van der Waals surface area contributed by atoms with Gasteiger partial charge in [-0.05, 0) is 31.9 Å². The summed E-state index contributed by atoms with van der Waals surface area (Å²) < 4.78 is 10.7. The minimum Gasteiger partial charge on any atom is -0.483 e. The summed E-state index contributed by atoms with van der Waals surface area (Å²) in [6.45, 7) is 1.93. The average molecular weight is 261 g/mol. The Kier molecular flexibility index (Phi) is 3.16. The first-order valence-electron chi connectivity index (χ1n) is 6.29. The van der Waals surface area contributed by atoms with Gasteiger partial charge >= 0.3 is 0 Å². The third-order valence-corrected chi connectivity index (χ3v) is 2.99. The molecule has 0 spiro atoms. The van der Waals surface area contributed by atoms with Crippen LogP contribution in [0.1, 0.15) is 41.9 Å². The number of ether oxygens (including phenoxy) is 1. The first-order chi connectivity index (χ1) is 9.26. The molecule has 0 saturated heterocycles. The van der Waals surface area contributed by atoms with Crippen molar-refractivity contribution in [3.05, 3.63) is 35.2 Å². The molecule has 2 heterocycles. The van der Waals surface area contributed by atoms with Crippen LogP contribution in [-0.2, 0) is 13.2 Å². The van der Waals surface area contributed by atoms with E-state index in [0.29, 0.717) is 29.1 Å². The van der Waals surface area contributed by atoms with Crippen LogP contribution in [0.5, 0.6) is 5.75 Å². The predicted octanol–water partition coefficient (Wildman–Crippen LogP) is 1.72. The third-order valence-electron chi connectivity index (χ3n) is 2.99. The summed E-state index contributed by atoms with van der Waals surface area (Å²) in [4.78, 5) is 8.48. The lowest BCUT2D eigenvalue weighted by Gasteiger charge is -2.07. The Labute approximate surface area is 110 Å². The van der Waals surface area contributed by atoms with Crippen molar-refractivity contribution in [2.45, 2.75) is 38.9 Å². The molecule has 0 radical (unpaired) electrons. The summed E-state index contributed by atoms with van der Waals surface area (Å²) in [5.74, 6) is 2.20. The molecule has 0 bridgehead atoms. The molecule has 0 aliphatic heterocycles. The van der Waals surface area contributed by atoms with E-state index in [1.165, 1.54) is 0 Å². The monoisotopic (exact) mass is 261 g/mol. The number of aliphatic hydroxyl groups is 1. The molecule has 6 nitrogen and oxygen atoms in total. The van der Waals surface area contributed by atoms with Gasteiger partial charge in [0.15, 0.2) is 6.61 Å². The fourth-order valence-corrected chi connectivity index (χ4v) is 1.81. The zero-order chi connectivity index (χ0) is 13.2. The van der Waals surface area contributed by atoms with E-state index in [1.807, 2.05) is 13.0 Å². The summed E-state index contributed by atoms with van der Waals surface area (Å²) in [6.07, 6.45) is 2.25. The highest BCUT2D eigenvalue weighted by molar-refractivity contribution is 5.28. The molecule has 1 aliphatic rings. The summed E-state index contributed by atoms with van der Waals surface area (Å²) >= 11 is 0. The quantitative estimate of drug-likeness (QED) is 0.882. The predicted molar refractivity (Wildman–Crippen MR) is 65.5 cm³/mol. The number of rotatable bonds is 5. The van der Waals surface area contributed by atoms with Crippen LogP contribution in [0.25, 0.3) is 0 Å². The number of aromatic nitrogens is 3. The van der Waals surface area contributed by atoms with Crippen LogP contribution in [0.2, 0.25) is 0 Å². The van der Waals surface area contributed by atoms with Gasteiger partial charge in [-0.15, -0.1) is 0 Å². The molecule has 0 atom stereocenters. The fourth-order valence-electron chi connectivity index (χ4n) is 1.81. The van der Waals surface area contributed by atoms with E-state index in [0.717, 1.165) is 18.5 Å². The van der Waals surface area contributed by atoms with Crippen molar-refractivity contribution in [2.24, 2.45) is 0 Å². The van der Waals surface area contributed by atoms with E-state index < -0.39 is 0 Å². The molecule has 0 unspecified atom stereocenters. The molecule has 1 aliphatic carbocycles. The molecule has 3 rings (SSSR count). The second-order valence-electron chi connectivity index (χ2n) is 4.67. The van der Waals surface area contributed by atoms with Gasteiger partial charge in [0.25, 0.3) is 0 Å². The molecule has 2 aromatic rings. The number of pyridine rings is 1. The van der Waals surface area contributed by atoms with Crippen LogP contribution in [0, 0.1) is 6.92 Å². The molecule has 0 aromatic carbocycles. The highest BCUT2D eigenvalue weighted by Crippen LogP contribution is 2.38. The van der Waals surface area contributed by atoms with Crippen molar-refractivity contribution >= 4 is 0 Å². The zero-order valence-corrected chi connectivity index (χ0v) is 10.7. The lowest BCUT2D eigenvalue weighted by Crippen LogP contribution is -2.02. The van der Waals surface area contributed by atoms with Gasteiger partial charge in [0.2, 0.25) is 11.7 Å². The molecule has 19 heavy (non-hydrogen) atoms. The van der Waals surface area contributed by atoms with Gasteiger partial charge in [-0.3, -0.25) is 4.98 Å². The SMILES string of the molecule is Cc1ccc(OCc2noc(C3CC3)n2)c(CO)n1. The van der Waals surface area contributed by atoms with Crippen molar-refractivity contribution in [1.29, 1.82) is 0 Å². The van der Waals surface area contributed by atoms with Gasteiger partial charge in [0, 0.05) is 11.6 Å². The fraction of sp³-hybridized carbons (Fsp3) is 0.462. The molecule has 1 N–H and O–H groups in total. The minimum atomic E-state index is -0.156. The minimum absolute atomic E-state index is 0.156. The van der Waals surface area contributed by atoms with E-state index in [9.17, 15) is 5.11 Å². The summed E-state index contributed by atoms with van der Waals surface area (Å²) in [5, 5.41) is 13.1. The highest BCUT2D eigenvalue weighted by atomic mass is 16.5.